The minimum Gasteiger partial charge on any atom is -0.352 e. The van der Waals surface area contributed by atoms with Crippen LogP contribution in [0.2, 0.25) is 10.0 Å². The van der Waals surface area contributed by atoms with Crippen molar-refractivity contribution >= 4 is 45.4 Å². The number of hydrogen-bond donors (Lipinski definition) is 1. The van der Waals surface area contributed by atoms with E-state index in [2.05, 4.69) is 15.4 Å². The van der Waals surface area contributed by atoms with E-state index in [1.54, 1.807) is 28.8 Å². The highest BCUT2D eigenvalue weighted by Gasteiger charge is 2.13. The summed E-state index contributed by atoms with van der Waals surface area (Å²) in [6.45, 7) is 0.417. The molecule has 0 fully saturated rings. The summed E-state index contributed by atoms with van der Waals surface area (Å²) in [6.07, 6.45) is 0.568. The van der Waals surface area contributed by atoms with Crippen molar-refractivity contribution in [2.24, 2.45) is 0 Å². The van der Waals surface area contributed by atoms with Crippen LogP contribution >= 0.6 is 34.5 Å². The average Bonchev–Trinajstić information content (AvgIpc) is 3.25. The highest BCUT2D eigenvalue weighted by molar-refractivity contribution is 7.15. The number of nitrogens with zero attached hydrogens (tertiary/aromatic N) is 3. The Morgan fingerprint density at radius 2 is 2.04 bits per heavy atom. The van der Waals surface area contributed by atoms with Gasteiger partial charge in [-0.2, -0.15) is 4.98 Å². The summed E-state index contributed by atoms with van der Waals surface area (Å²) in [5.41, 5.74) is 1.97. The van der Waals surface area contributed by atoms with Crippen molar-refractivity contribution in [1.29, 1.82) is 0 Å². The summed E-state index contributed by atoms with van der Waals surface area (Å²) < 4.78 is 15.1. The molecule has 142 valence electrons. The van der Waals surface area contributed by atoms with Crippen LogP contribution in [0.3, 0.4) is 0 Å². The number of nitrogens with one attached hydrogen (secondary N) is 1. The topological polar surface area (TPSA) is 59.3 Å². The molecule has 9 heteroatoms. The Bertz CT molecular complexity index is 1170. The SMILES string of the molecule is O=C(NCCc1csc2nc(-c3cccc(F)c3)nn12)c1ccc(Cl)c(Cl)c1. The minimum atomic E-state index is -0.333. The molecule has 2 aromatic carbocycles. The molecule has 28 heavy (non-hydrogen) atoms. The van der Waals surface area contributed by atoms with Gasteiger partial charge in [-0.1, -0.05) is 35.3 Å². The van der Waals surface area contributed by atoms with Crippen LogP contribution in [0.1, 0.15) is 16.1 Å². The Hall–Kier alpha value is -2.48. The summed E-state index contributed by atoms with van der Waals surface area (Å²) in [4.78, 5) is 17.4. The number of carbonyl (C=O) groups excluding carboxylic acids is 1. The zero-order valence-corrected chi connectivity index (χ0v) is 16.7. The zero-order valence-electron chi connectivity index (χ0n) is 14.3. The van der Waals surface area contributed by atoms with E-state index in [0.717, 1.165) is 5.69 Å². The van der Waals surface area contributed by atoms with Crippen molar-refractivity contribution in [1.82, 2.24) is 19.9 Å². The molecule has 4 rings (SSSR count). The molecule has 1 N–H and O–H groups in total. The van der Waals surface area contributed by atoms with Crippen molar-refractivity contribution in [2.75, 3.05) is 6.54 Å². The molecule has 5 nitrogen and oxygen atoms in total. The lowest BCUT2D eigenvalue weighted by Crippen LogP contribution is -2.26. The van der Waals surface area contributed by atoms with E-state index in [4.69, 9.17) is 23.2 Å². The van der Waals surface area contributed by atoms with Gasteiger partial charge in [-0.15, -0.1) is 16.4 Å². The predicted molar refractivity (Wildman–Crippen MR) is 109 cm³/mol. The maximum Gasteiger partial charge on any atom is 0.251 e. The van der Waals surface area contributed by atoms with Gasteiger partial charge in [0.05, 0.1) is 15.7 Å². The van der Waals surface area contributed by atoms with Crippen LogP contribution in [-0.2, 0) is 6.42 Å². The van der Waals surface area contributed by atoms with Gasteiger partial charge in [-0.25, -0.2) is 8.91 Å². The van der Waals surface area contributed by atoms with Gasteiger partial charge in [0.15, 0.2) is 5.82 Å². The first-order chi connectivity index (χ1) is 13.5. The van der Waals surface area contributed by atoms with E-state index in [0.29, 0.717) is 44.9 Å². The standard InChI is InChI=1S/C19H13Cl2FN4OS/c20-15-5-4-12(9-16(15)21)18(27)23-7-6-14-10-28-19-24-17(25-26(14)19)11-2-1-3-13(22)8-11/h1-5,8-10H,6-7H2,(H,23,27). The third-order valence-electron chi connectivity index (χ3n) is 4.08. The predicted octanol–water partition coefficient (Wildman–Crippen LogP) is 4.88. The normalized spacial score (nSPS) is 11.1. The fourth-order valence-electron chi connectivity index (χ4n) is 2.69. The number of amides is 1. The number of halogens is 3. The van der Waals surface area contributed by atoms with E-state index < -0.39 is 0 Å². The molecule has 0 aliphatic carbocycles. The van der Waals surface area contributed by atoms with E-state index >= 15 is 0 Å². The molecule has 0 atom stereocenters. The number of thiazole rings is 1. The third-order valence-corrected chi connectivity index (χ3v) is 5.69. The smallest absolute Gasteiger partial charge is 0.251 e. The van der Waals surface area contributed by atoms with Gasteiger partial charge in [0.2, 0.25) is 4.96 Å². The highest BCUT2D eigenvalue weighted by Crippen LogP contribution is 2.23. The van der Waals surface area contributed by atoms with E-state index in [1.165, 1.54) is 29.5 Å². The highest BCUT2D eigenvalue weighted by atomic mass is 35.5. The van der Waals surface area contributed by atoms with Crippen LogP contribution in [0.25, 0.3) is 16.3 Å². The molecule has 0 saturated carbocycles. The molecule has 2 heterocycles. The Balaban J connectivity index is 1.45. The van der Waals surface area contributed by atoms with E-state index in [-0.39, 0.29) is 11.7 Å². The molecule has 0 radical (unpaired) electrons. The zero-order chi connectivity index (χ0) is 19.7. The van der Waals surface area contributed by atoms with Crippen molar-refractivity contribution < 1.29 is 9.18 Å². The molecule has 4 aromatic rings. The summed E-state index contributed by atoms with van der Waals surface area (Å²) in [7, 11) is 0. The summed E-state index contributed by atoms with van der Waals surface area (Å²) in [5.74, 6) is -0.0996. The molecule has 0 bridgehead atoms. The summed E-state index contributed by atoms with van der Waals surface area (Å²) in [5, 5.41) is 9.99. The lowest BCUT2D eigenvalue weighted by Gasteiger charge is -2.05. The molecule has 0 aliphatic heterocycles. The average molecular weight is 435 g/mol. The van der Waals surface area contributed by atoms with E-state index in [1.807, 2.05) is 5.38 Å². The number of hydrogen-bond acceptors (Lipinski definition) is 4. The lowest BCUT2D eigenvalue weighted by molar-refractivity contribution is 0.0954. The maximum absolute atomic E-state index is 13.4. The lowest BCUT2D eigenvalue weighted by atomic mass is 10.2. The van der Waals surface area contributed by atoms with Crippen LogP contribution in [0.4, 0.5) is 4.39 Å². The van der Waals surface area contributed by atoms with Crippen LogP contribution in [0.5, 0.6) is 0 Å². The third kappa shape index (κ3) is 3.87. The second-order valence-corrected chi connectivity index (χ2v) is 7.65. The first-order valence-corrected chi connectivity index (χ1v) is 9.97. The summed E-state index contributed by atoms with van der Waals surface area (Å²) in [6, 6.07) is 10.9. The Morgan fingerprint density at radius 1 is 1.18 bits per heavy atom. The Labute approximate surface area is 173 Å². The van der Waals surface area contributed by atoms with Crippen molar-refractivity contribution in [3.05, 3.63) is 75.0 Å². The Kier molecular flexibility index (Phi) is 5.30. The molecular weight excluding hydrogens is 422 g/mol. The number of aromatic nitrogens is 3. The number of rotatable bonds is 5. The molecule has 0 aliphatic rings. The molecule has 1 amide bonds. The molecule has 0 saturated heterocycles. The van der Waals surface area contributed by atoms with Gasteiger partial charge in [0.25, 0.3) is 5.91 Å². The molecular formula is C19H13Cl2FN4OS. The van der Waals surface area contributed by atoms with Crippen molar-refractivity contribution in [3.63, 3.8) is 0 Å². The van der Waals surface area contributed by atoms with Gasteiger partial charge in [0, 0.05) is 29.5 Å². The first-order valence-electron chi connectivity index (χ1n) is 8.33. The number of fused-ring (bicyclic) bond motifs is 1. The first kappa shape index (κ1) is 18.9. The number of benzene rings is 2. The van der Waals surface area contributed by atoms with Gasteiger partial charge >= 0.3 is 0 Å². The van der Waals surface area contributed by atoms with Gasteiger partial charge in [-0.05, 0) is 30.3 Å². The second-order valence-electron chi connectivity index (χ2n) is 6.00. The number of carbonyl (C=O) groups is 1. The van der Waals surface area contributed by atoms with Crippen LogP contribution in [0.15, 0.2) is 47.8 Å². The van der Waals surface area contributed by atoms with Gasteiger partial charge in [0.1, 0.15) is 5.82 Å². The molecule has 0 unspecified atom stereocenters. The van der Waals surface area contributed by atoms with Crippen LogP contribution in [0, 0.1) is 5.82 Å². The van der Waals surface area contributed by atoms with Crippen LogP contribution < -0.4 is 5.32 Å². The second kappa shape index (κ2) is 7.87. The van der Waals surface area contributed by atoms with Crippen molar-refractivity contribution in [2.45, 2.75) is 6.42 Å². The quantitative estimate of drug-likeness (QED) is 0.486. The van der Waals surface area contributed by atoms with Crippen molar-refractivity contribution in [3.8, 4) is 11.4 Å². The maximum atomic E-state index is 13.4. The fraction of sp³-hybridized carbons (Fsp3) is 0.105. The monoisotopic (exact) mass is 434 g/mol. The largest absolute Gasteiger partial charge is 0.352 e. The molecule has 2 aromatic heterocycles. The summed E-state index contributed by atoms with van der Waals surface area (Å²) >= 11 is 13.3. The van der Waals surface area contributed by atoms with E-state index in [9.17, 15) is 9.18 Å². The Morgan fingerprint density at radius 3 is 2.82 bits per heavy atom. The van der Waals surface area contributed by atoms with Gasteiger partial charge < -0.3 is 5.32 Å². The minimum absolute atomic E-state index is 0.232. The van der Waals surface area contributed by atoms with Gasteiger partial charge in [-0.3, -0.25) is 4.79 Å². The van der Waals surface area contributed by atoms with Crippen LogP contribution in [-0.4, -0.2) is 27.0 Å². The fourth-order valence-corrected chi connectivity index (χ4v) is 3.84. The molecule has 0 spiro atoms.